The summed E-state index contributed by atoms with van der Waals surface area (Å²) in [6.07, 6.45) is 4.01. The fourth-order valence-electron chi connectivity index (χ4n) is 1.35. The van der Waals surface area contributed by atoms with Gasteiger partial charge in [-0.05, 0) is 6.42 Å². The van der Waals surface area contributed by atoms with Crippen LogP contribution in [-0.2, 0) is 11.8 Å². The quantitative estimate of drug-likeness (QED) is 0.759. The largest absolute Gasteiger partial charge is 0.480 e. The molecule has 88 valence electrons. The number of amides is 1. The number of hydrogen-bond acceptors (Lipinski definition) is 3. The van der Waals surface area contributed by atoms with E-state index in [-0.39, 0.29) is 0 Å². The van der Waals surface area contributed by atoms with Crippen LogP contribution in [0.15, 0.2) is 12.5 Å². The summed E-state index contributed by atoms with van der Waals surface area (Å²) >= 11 is 0. The Balaban J connectivity index is 2.69. The molecule has 0 fully saturated rings. The van der Waals surface area contributed by atoms with Crippen LogP contribution in [0.2, 0.25) is 0 Å². The molecule has 1 aromatic rings. The van der Waals surface area contributed by atoms with Crippen LogP contribution in [-0.4, -0.2) is 32.6 Å². The molecule has 1 rings (SSSR count). The van der Waals surface area contributed by atoms with E-state index < -0.39 is 17.9 Å². The van der Waals surface area contributed by atoms with Gasteiger partial charge in [-0.25, -0.2) is 9.78 Å². The van der Waals surface area contributed by atoms with E-state index in [4.69, 9.17) is 5.11 Å². The Morgan fingerprint density at radius 2 is 2.31 bits per heavy atom. The number of nitrogens with one attached hydrogen (secondary N) is 1. The van der Waals surface area contributed by atoms with E-state index in [0.717, 1.165) is 0 Å². The maximum absolute atomic E-state index is 11.7. The molecule has 16 heavy (non-hydrogen) atoms. The summed E-state index contributed by atoms with van der Waals surface area (Å²) in [5.74, 6) is -1.43. The van der Waals surface area contributed by atoms with E-state index >= 15 is 0 Å². The molecule has 0 bridgehead atoms. The molecule has 1 amide bonds. The van der Waals surface area contributed by atoms with Gasteiger partial charge >= 0.3 is 5.97 Å². The van der Waals surface area contributed by atoms with Crippen molar-refractivity contribution in [2.45, 2.75) is 25.8 Å². The van der Waals surface area contributed by atoms with E-state index in [2.05, 4.69) is 10.3 Å². The predicted molar refractivity (Wildman–Crippen MR) is 57.0 cm³/mol. The molecule has 0 spiro atoms. The zero-order valence-corrected chi connectivity index (χ0v) is 9.30. The predicted octanol–water partition coefficient (Wildman–Crippen LogP) is 0.403. The van der Waals surface area contributed by atoms with Crippen molar-refractivity contribution in [3.8, 4) is 0 Å². The number of carboxylic acids is 1. The summed E-state index contributed by atoms with van der Waals surface area (Å²) in [6, 6.07) is -0.840. The number of aliphatic carboxylic acids is 1. The van der Waals surface area contributed by atoms with Gasteiger partial charge in [0.25, 0.3) is 5.91 Å². The van der Waals surface area contributed by atoms with Crippen molar-refractivity contribution in [1.82, 2.24) is 14.9 Å². The Hall–Kier alpha value is -1.85. The van der Waals surface area contributed by atoms with Gasteiger partial charge in [0, 0.05) is 7.05 Å². The third-order valence-corrected chi connectivity index (χ3v) is 2.23. The number of aromatic nitrogens is 2. The second-order valence-electron chi connectivity index (χ2n) is 3.54. The highest BCUT2D eigenvalue weighted by molar-refractivity contribution is 5.94. The van der Waals surface area contributed by atoms with Crippen LogP contribution in [0.4, 0.5) is 0 Å². The van der Waals surface area contributed by atoms with Crippen LogP contribution < -0.4 is 5.32 Å². The highest BCUT2D eigenvalue weighted by atomic mass is 16.4. The minimum absolute atomic E-state index is 0.349. The molecule has 1 heterocycles. The number of rotatable bonds is 5. The van der Waals surface area contributed by atoms with E-state index in [1.165, 1.54) is 12.5 Å². The highest BCUT2D eigenvalue weighted by Crippen LogP contribution is 2.01. The van der Waals surface area contributed by atoms with E-state index in [9.17, 15) is 9.59 Å². The average molecular weight is 225 g/mol. The zero-order valence-electron chi connectivity index (χ0n) is 9.30. The van der Waals surface area contributed by atoms with Gasteiger partial charge in [0.15, 0.2) is 0 Å². The standard InChI is InChI=1S/C10H15N3O3/c1-3-4-7(10(15)16)12-9(14)8-5-11-6-13(8)2/h5-7H,3-4H2,1-2H3,(H,12,14)(H,15,16)/t7-/m1/s1. The second kappa shape index (κ2) is 5.29. The molecule has 0 unspecified atom stereocenters. The molecule has 1 atom stereocenters. The first-order valence-electron chi connectivity index (χ1n) is 5.06. The van der Waals surface area contributed by atoms with Crippen LogP contribution in [0.3, 0.4) is 0 Å². The summed E-state index contributed by atoms with van der Waals surface area (Å²) in [7, 11) is 1.68. The van der Waals surface area contributed by atoms with Crippen molar-refractivity contribution in [1.29, 1.82) is 0 Å². The van der Waals surface area contributed by atoms with Crippen molar-refractivity contribution in [3.05, 3.63) is 18.2 Å². The Labute approximate surface area is 93.3 Å². The van der Waals surface area contributed by atoms with Gasteiger partial charge in [-0.15, -0.1) is 0 Å². The molecule has 0 radical (unpaired) electrons. The summed E-state index contributed by atoms with van der Waals surface area (Å²) in [5.41, 5.74) is 0.349. The number of carbonyl (C=O) groups excluding carboxylic acids is 1. The minimum Gasteiger partial charge on any atom is -0.480 e. The van der Waals surface area contributed by atoms with Gasteiger partial charge in [-0.1, -0.05) is 13.3 Å². The van der Waals surface area contributed by atoms with Crippen molar-refractivity contribution >= 4 is 11.9 Å². The molecule has 2 N–H and O–H groups in total. The van der Waals surface area contributed by atoms with Crippen LogP contribution >= 0.6 is 0 Å². The van der Waals surface area contributed by atoms with Crippen LogP contribution in [0.25, 0.3) is 0 Å². The molecule has 0 aliphatic heterocycles. The molecule has 0 saturated heterocycles. The Bertz CT molecular complexity index is 386. The van der Waals surface area contributed by atoms with Gasteiger partial charge in [0.1, 0.15) is 11.7 Å². The molecule has 0 aliphatic rings. The lowest BCUT2D eigenvalue weighted by molar-refractivity contribution is -0.139. The third-order valence-electron chi connectivity index (χ3n) is 2.23. The Morgan fingerprint density at radius 3 is 2.75 bits per heavy atom. The van der Waals surface area contributed by atoms with Gasteiger partial charge in [0.2, 0.25) is 0 Å². The number of carboxylic acid groups (broad SMARTS) is 1. The fourth-order valence-corrected chi connectivity index (χ4v) is 1.35. The maximum atomic E-state index is 11.7. The molecular weight excluding hydrogens is 210 g/mol. The SMILES string of the molecule is CCC[C@@H](NC(=O)c1cncn1C)C(=O)O. The molecule has 0 aliphatic carbocycles. The van der Waals surface area contributed by atoms with Gasteiger partial charge < -0.3 is 15.0 Å². The minimum atomic E-state index is -1.02. The first-order valence-corrected chi connectivity index (χ1v) is 5.06. The van der Waals surface area contributed by atoms with Crippen molar-refractivity contribution in [2.75, 3.05) is 0 Å². The van der Waals surface area contributed by atoms with E-state index in [1.807, 2.05) is 6.92 Å². The molecular formula is C10H15N3O3. The van der Waals surface area contributed by atoms with Crippen LogP contribution in [0.1, 0.15) is 30.3 Å². The Kier molecular flexibility index (Phi) is 4.04. The van der Waals surface area contributed by atoms with Crippen molar-refractivity contribution in [3.63, 3.8) is 0 Å². The van der Waals surface area contributed by atoms with Crippen LogP contribution in [0.5, 0.6) is 0 Å². The summed E-state index contributed by atoms with van der Waals surface area (Å²) < 4.78 is 1.54. The van der Waals surface area contributed by atoms with Gasteiger partial charge in [0.05, 0.1) is 12.5 Å². The maximum Gasteiger partial charge on any atom is 0.326 e. The first kappa shape index (κ1) is 12.2. The number of hydrogen-bond donors (Lipinski definition) is 2. The Morgan fingerprint density at radius 1 is 1.62 bits per heavy atom. The summed E-state index contributed by atoms with van der Waals surface area (Å²) in [4.78, 5) is 26.3. The lowest BCUT2D eigenvalue weighted by atomic mass is 10.1. The van der Waals surface area contributed by atoms with Crippen molar-refractivity contribution < 1.29 is 14.7 Å². The summed E-state index contributed by atoms with van der Waals surface area (Å²) in [5, 5.41) is 11.3. The number of nitrogens with zero attached hydrogens (tertiary/aromatic N) is 2. The van der Waals surface area contributed by atoms with Crippen molar-refractivity contribution in [2.24, 2.45) is 7.05 Å². The smallest absolute Gasteiger partial charge is 0.326 e. The molecule has 6 nitrogen and oxygen atoms in total. The van der Waals surface area contributed by atoms with Gasteiger partial charge in [-0.2, -0.15) is 0 Å². The topological polar surface area (TPSA) is 84.2 Å². The zero-order chi connectivity index (χ0) is 12.1. The monoisotopic (exact) mass is 225 g/mol. The van der Waals surface area contributed by atoms with Crippen LogP contribution in [0, 0.1) is 0 Å². The molecule has 1 aromatic heterocycles. The lowest BCUT2D eigenvalue weighted by Gasteiger charge is -2.13. The highest BCUT2D eigenvalue weighted by Gasteiger charge is 2.20. The number of imidazole rings is 1. The molecule has 6 heteroatoms. The number of aryl methyl sites for hydroxylation is 1. The van der Waals surface area contributed by atoms with E-state index in [1.54, 1.807) is 11.6 Å². The molecule has 0 aromatic carbocycles. The first-order chi connectivity index (χ1) is 7.56. The lowest BCUT2D eigenvalue weighted by Crippen LogP contribution is -2.41. The third kappa shape index (κ3) is 2.82. The average Bonchev–Trinajstić information content (AvgIpc) is 2.63. The van der Waals surface area contributed by atoms with E-state index in [0.29, 0.717) is 18.5 Å². The summed E-state index contributed by atoms with van der Waals surface area (Å²) in [6.45, 7) is 1.87. The second-order valence-corrected chi connectivity index (χ2v) is 3.54. The number of carbonyl (C=O) groups is 2. The van der Waals surface area contributed by atoms with Gasteiger partial charge in [-0.3, -0.25) is 4.79 Å². The molecule has 0 saturated carbocycles. The fraction of sp³-hybridized carbons (Fsp3) is 0.500. The normalized spacial score (nSPS) is 12.1.